The first-order chi connectivity index (χ1) is 14.1. The molecule has 0 aliphatic carbocycles. The van der Waals surface area contributed by atoms with Gasteiger partial charge in [-0.1, -0.05) is 35.9 Å². The molecular weight excluding hydrogens is 406 g/mol. The molecule has 2 aromatic carbocycles. The number of nitrogens with zero attached hydrogens (tertiary/aromatic N) is 2. The zero-order valence-electron chi connectivity index (χ0n) is 15.7. The Bertz CT molecular complexity index is 1000. The van der Waals surface area contributed by atoms with Gasteiger partial charge in [-0.2, -0.15) is 0 Å². The number of benzene rings is 2. The van der Waals surface area contributed by atoms with Crippen molar-refractivity contribution in [2.45, 2.75) is 0 Å². The van der Waals surface area contributed by atoms with E-state index in [1.807, 2.05) is 34.5 Å². The smallest absolute Gasteiger partial charge is 0.265 e. The predicted molar refractivity (Wildman–Crippen MR) is 118 cm³/mol. The fourth-order valence-corrected chi connectivity index (χ4v) is 4.12. The van der Waals surface area contributed by atoms with Crippen molar-refractivity contribution in [3.05, 3.63) is 81.5 Å². The molecule has 0 saturated carbocycles. The average Bonchev–Trinajstić information content (AvgIpc) is 3.31. The van der Waals surface area contributed by atoms with Crippen LogP contribution in [0.4, 0.5) is 11.4 Å². The van der Waals surface area contributed by atoms with Crippen LogP contribution in [0, 0.1) is 0 Å². The van der Waals surface area contributed by atoms with Crippen molar-refractivity contribution in [3.63, 3.8) is 0 Å². The minimum Gasteiger partial charge on any atom is -0.368 e. The summed E-state index contributed by atoms with van der Waals surface area (Å²) in [6.07, 6.45) is 0. The van der Waals surface area contributed by atoms with Gasteiger partial charge < -0.3 is 15.1 Å². The van der Waals surface area contributed by atoms with Crippen molar-refractivity contribution in [3.8, 4) is 0 Å². The van der Waals surface area contributed by atoms with Crippen molar-refractivity contribution in [1.29, 1.82) is 0 Å². The van der Waals surface area contributed by atoms with Gasteiger partial charge in [0, 0.05) is 37.4 Å². The van der Waals surface area contributed by atoms with Crippen molar-refractivity contribution in [2.24, 2.45) is 0 Å². The lowest BCUT2D eigenvalue weighted by Crippen LogP contribution is -2.48. The van der Waals surface area contributed by atoms with Crippen molar-refractivity contribution in [1.82, 2.24) is 4.90 Å². The molecule has 29 heavy (non-hydrogen) atoms. The predicted octanol–water partition coefficient (Wildman–Crippen LogP) is 4.62. The Morgan fingerprint density at radius 1 is 0.931 bits per heavy atom. The first kappa shape index (κ1) is 19.5. The number of rotatable bonds is 4. The van der Waals surface area contributed by atoms with E-state index in [-0.39, 0.29) is 11.8 Å². The molecule has 1 aromatic heterocycles. The maximum absolute atomic E-state index is 13.0. The fourth-order valence-electron chi connectivity index (χ4n) is 3.33. The van der Waals surface area contributed by atoms with Crippen LogP contribution in [0.25, 0.3) is 0 Å². The van der Waals surface area contributed by atoms with E-state index in [0.29, 0.717) is 34.2 Å². The number of hydrogen-bond donors (Lipinski definition) is 1. The van der Waals surface area contributed by atoms with Crippen LogP contribution in [0.3, 0.4) is 0 Å². The van der Waals surface area contributed by atoms with Gasteiger partial charge in [-0.3, -0.25) is 9.59 Å². The number of para-hydroxylation sites is 1. The molecule has 1 fully saturated rings. The summed E-state index contributed by atoms with van der Waals surface area (Å²) < 4.78 is 0. The van der Waals surface area contributed by atoms with Crippen LogP contribution in [0.15, 0.2) is 66.0 Å². The Labute approximate surface area is 178 Å². The van der Waals surface area contributed by atoms with Crippen LogP contribution in [-0.2, 0) is 0 Å². The highest BCUT2D eigenvalue weighted by atomic mass is 35.5. The molecule has 0 bridgehead atoms. The lowest BCUT2D eigenvalue weighted by atomic mass is 10.1. The topological polar surface area (TPSA) is 52.7 Å². The van der Waals surface area contributed by atoms with E-state index in [1.54, 1.807) is 24.3 Å². The van der Waals surface area contributed by atoms with Gasteiger partial charge in [-0.05, 0) is 41.8 Å². The number of hydrogen-bond acceptors (Lipinski definition) is 4. The molecule has 0 unspecified atom stereocenters. The number of halogens is 1. The van der Waals surface area contributed by atoms with Gasteiger partial charge in [-0.25, -0.2) is 0 Å². The van der Waals surface area contributed by atoms with Crippen LogP contribution in [0.2, 0.25) is 5.02 Å². The number of amides is 2. The number of piperazine rings is 1. The third kappa shape index (κ3) is 4.44. The van der Waals surface area contributed by atoms with Gasteiger partial charge >= 0.3 is 0 Å². The van der Waals surface area contributed by atoms with E-state index >= 15 is 0 Å². The molecule has 1 N–H and O–H groups in total. The number of nitrogens with one attached hydrogen (secondary N) is 1. The molecule has 4 rings (SSSR count). The normalized spacial score (nSPS) is 14.0. The van der Waals surface area contributed by atoms with E-state index in [9.17, 15) is 9.59 Å². The molecule has 2 amide bonds. The Balaban J connectivity index is 1.43. The monoisotopic (exact) mass is 425 g/mol. The minimum atomic E-state index is -0.233. The Hall–Kier alpha value is -2.83. The highest BCUT2D eigenvalue weighted by molar-refractivity contribution is 7.12. The van der Waals surface area contributed by atoms with E-state index in [1.165, 1.54) is 17.0 Å². The zero-order valence-corrected chi connectivity index (χ0v) is 17.2. The van der Waals surface area contributed by atoms with Gasteiger partial charge in [0.1, 0.15) is 0 Å². The van der Waals surface area contributed by atoms with Crippen molar-refractivity contribution < 1.29 is 9.59 Å². The van der Waals surface area contributed by atoms with Crippen LogP contribution in [0.5, 0.6) is 0 Å². The van der Waals surface area contributed by atoms with Gasteiger partial charge in [0.25, 0.3) is 11.8 Å². The first-order valence-corrected chi connectivity index (χ1v) is 10.6. The third-order valence-electron chi connectivity index (χ3n) is 4.89. The number of carbonyl (C=O) groups excluding carboxylic acids is 2. The highest BCUT2D eigenvalue weighted by Gasteiger charge is 2.23. The quantitative estimate of drug-likeness (QED) is 0.663. The van der Waals surface area contributed by atoms with Crippen molar-refractivity contribution >= 4 is 46.1 Å². The molecule has 1 aliphatic rings. The van der Waals surface area contributed by atoms with Gasteiger partial charge in [0.2, 0.25) is 0 Å². The number of thiophene rings is 1. The Morgan fingerprint density at radius 3 is 2.38 bits per heavy atom. The summed E-state index contributed by atoms with van der Waals surface area (Å²) in [6, 6.07) is 18.8. The second-order valence-corrected chi connectivity index (χ2v) is 8.10. The lowest BCUT2D eigenvalue weighted by molar-refractivity contribution is 0.0746. The maximum Gasteiger partial charge on any atom is 0.265 e. The van der Waals surface area contributed by atoms with Crippen LogP contribution in [0.1, 0.15) is 20.0 Å². The summed E-state index contributed by atoms with van der Waals surface area (Å²) in [4.78, 5) is 30.0. The van der Waals surface area contributed by atoms with E-state index in [0.717, 1.165) is 13.1 Å². The average molecular weight is 426 g/mol. The molecule has 0 spiro atoms. The summed E-state index contributed by atoms with van der Waals surface area (Å²) in [5.41, 5.74) is 2.13. The SMILES string of the molecule is O=C(Nc1cc(C(=O)N2CCN(c3ccccc3)CC2)ccc1Cl)c1cccs1. The lowest BCUT2D eigenvalue weighted by Gasteiger charge is -2.36. The standard InChI is InChI=1S/C22H20ClN3O2S/c23-18-9-8-16(15-19(18)24-21(27)20-7-4-14-29-20)22(28)26-12-10-25(11-13-26)17-5-2-1-3-6-17/h1-9,14-15H,10-13H2,(H,24,27). The molecule has 3 aromatic rings. The van der Waals surface area contributed by atoms with Gasteiger partial charge in [0.15, 0.2) is 0 Å². The summed E-state index contributed by atoms with van der Waals surface area (Å²) >= 11 is 7.59. The van der Waals surface area contributed by atoms with Gasteiger partial charge in [0.05, 0.1) is 15.6 Å². The second-order valence-electron chi connectivity index (χ2n) is 6.74. The summed E-state index contributed by atoms with van der Waals surface area (Å²) in [6.45, 7) is 2.86. The minimum absolute atomic E-state index is 0.0546. The van der Waals surface area contributed by atoms with E-state index < -0.39 is 0 Å². The Morgan fingerprint density at radius 2 is 1.69 bits per heavy atom. The number of anilines is 2. The number of carbonyl (C=O) groups is 2. The van der Waals surface area contributed by atoms with Crippen LogP contribution >= 0.6 is 22.9 Å². The molecule has 7 heteroatoms. The molecule has 5 nitrogen and oxygen atoms in total. The summed E-state index contributed by atoms with van der Waals surface area (Å²) in [5, 5.41) is 5.04. The van der Waals surface area contributed by atoms with E-state index in [2.05, 4.69) is 22.3 Å². The molecule has 1 saturated heterocycles. The third-order valence-corrected chi connectivity index (χ3v) is 6.09. The zero-order chi connectivity index (χ0) is 20.2. The molecular formula is C22H20ClN3O2S. The largest absolute Gasteiger partial charge is 0.368 e. The van der Waals surface area contributed by atoms with Crippen LogP contribution in [-0.4, -0.2) is 42.9 Å². The highest BCUT2D eigenvalue weighted by Crippen LogP contribution is 2.25. The second kappa shape index (κ2) is 8.68. The summed E-state index contributed by atoms with van der Waals surface area (Å²) in [5.74, 6) is -0.288. The molecule has 2 heterocycles. The van der Waals surface area contributed by atoms with Crippen LogP contribution < -0.4 is 10.2 Å². The Kier molecular flexibility index (Phi) is 5.83. The molecule has 0 radical (unpaired) electrons. The van der Waals surface area contributed by atoms with E-state index in [4.69, 9.17) is 11.6 Å². The summed E-state index contributed by atoms with van der Waals surface area (Å²) in [7, 11) is 0. The first-order valence-electron chi connectivity index (χ1n) is 9.35. The van der Waals surface area contributed by atoms with Crippen molar-refractivity contribution in [2.75, 3.05) is 36.4 Å². The molecule has 148 valence electrons. The molecule has 1 aliphatic heterocycles. The maximum atomic E-state index is 13.0. The fraction of sp³-hybridized carbons (Fsp3) is 0.182. The van der Waals surface area contributed by atoms with Gasteiger partial charge in [-0.15, -0.1) is 11.3 Å². The molecule has 0 atom stereocenters.